The molecule has 1 rings (SSSR count). The molecule has 0 aliphatic carbocycles. The van der Waals surface area contributed by atoms with Crippen LogP contribution in [-0.2, 0) is 17.8 Å². The quantitative estimate of drug-likeness (QED) is 0.705. The molecule has 0 unspecified atom stereocenters. The zero-order valence-electron chi connectivity index (χ0n) is 8.57. The first-order chi connectivity index (χ1) is 7.27. The monoisotopic (exact) mass is 205 g/mol. The normalized spacial score (nSPS) is 9.67. The van der Waals surface area contributed by atoms with Gasteiger partial charge < -0.3 is 10.4 Å². The molecule has 0 saturated heterocycles. The van der Waals surface area contributed by atoms with Gasteiger partial charge in [-0.05, 0) is 11.1 Å². The van der Waals surface area contributed by atoms with Gasteiger partial charge in [0, 0.05) is 6.54 Å². The first-order valence-electron chi connectivity index (χ1n) is 4.83. The second-order valence-corrected chi connectivity index (χ2v) is 3.20. The predicted octanol–water partition coefficient (Wildman–Crippen LogP) is 1.02. The molecule has 0 spiro atoms. The number of carbonyl (C=O) groups is 1. The zero-order chi connectivity index (χ0) is 11.1. The number of aliphatic hydroxyl groups is 1. The lowest BCUT2D eigenvalue weighted by atomic mass is 10.1. The van der Waals surface area contributed by atoms with E-state index in [9.17, 15) is 4.79 Å². The molecule has 1 aromatic rings. The van der Waals surface area contributed by atoms with Crippen LogP contribution in [0, 0.1) is 0 Å². The van der Waals surface area contributed by atoms with Crippen LogP contribution >= 0.6 is 0 Å². The van der Waals surface area contributed by atoms with E-state index in [2.05, 4.69) is 11.9 Å². The highest BCUT2D eigenvalue weighted by Crippen LogP contribution is 2.09. The largest absolute Gasteiger partial charge is 0.392 e. The lowest BCUT2D eigenvalue weighted by Crippen LogP contribution is -2.25. The minimum absolute atomic E-state index is 0.0368. The predicted molar refractivity (Wildman–Crippen MR) is 59.3 cm³/mol. The first-order valence-corrected chi connectivity index (χ1v) is 4.83. The Balaban J connectivity index is 2.63. The Bertz CT molecular complexity index is 347. The van der Waals surface area contributed by atoms with E-state index in [1.807, 2.05) is 24.3 Å². The smallest absolute Gasteiger partial charge is 0.224 e. The summed E-state index contributed by atoms with van der Waals surface area (Å²) in [5, 5.41) is 11.8. The minimum atomic E-state index is -0.0594. The van der Waals surface area contributed by atoms with E-state index in [4.69, 9.17) is 5.11 Å². The average molecular weight is 205 g/mol. The number of carbonyl (C=O) groups excluding carboxylic acids is 1. The lowest BCUT2D eigenvalue weighted by molar-refractivity contribution is -0.120. The Morgan fingerprint density at radius 3 is 2.67 bits per heavy atom. The third-order valence-corrected chi connectivity index (χ3v) is 2.08. The van der Waals surface area contributed by atoms with Crippen molar-refractivity contribution < 1.29 is 9.90 Å². The van der Waals surface area contributed by atoms with Crippen LogP contribution in [0.15, 0.2) is 36.9 Å². The molecule has 0 aliphatic heterocycles. The molecule has 0 atom stereocenters. The summed E-state index contributed by atoms with van der Waals surface area (Å²) in [6, 6.07) is 7.36. The number of benzene rings is 1. The van der Waals surface area contributed by atoms with Gasteiger partial charge in [0.05, 0.1) is 13.0 Å². The van der Waals surface area contributed by atoms with E-state index in [1.165, 1.54) is 0 Å². The van der Waals surface area contributed by atoms with E-state index in [1.54, 1.807) is 6.08 Å². The van der Waals surface area contributed by atoms with Crippen molar-refractivity contribution in [2.75, 3.05) is 6.54 Å². The van der Waals surface area contributed by atoms with Crippen molar-refractivity contribution in [2.45, 2.75) is 13.0 Å². The molecular formula is C12H15NO2. The van der Waals surface area contributed by atoms with Gasteiger partial charge in [0.15, 0.2) is 0 Å². The number of hydrogen-bond acceptors (Lipinski definition) is 2. The summed E-state index contributed by atoms with van der Waals surface area (Å²) in [5.41, 5.74) is 1.66. The Labute approximate surface area is 89.4 Å². The maximum Gasteiger partial charge on any atom is 0.224 e. The topological polar surface area (TPSA) is 49.3 Å². The number of amides is 1. The molecule has 0 radical (unpaired) electrons. The number of aliphatic hydroxyl groups excluding tert-OH is 1. The van der Waals surface area contributed by atoms with E-state index in [0.717, 1.165) is 11.1 Å². The summed E-state index contributed by atoms with van der Waals surface area (Å²) in [6.07, 6.45) is 1.93. The van der Waals surface area contributed by atoms with Gasteiger partial charge >= 0.3 is 0 Å². The zero-order valence-corrected chi connectivity index (χ0v) is 8.57. The lowest BCUT2D eigenvalue weighted by Gasteiger charge is -2.06. The Morgan fingerprint density at radius 1 is 1.40 bits per heavy atom. The van der Waals surface area contributed by atoms with Gasteiger partial charge in [-0.1, -0.05) is 30.3 Å². The van der Waals surface area contributed by atoms with E-state index >= 15 is 0 Å². The maximum absolute atomic E-state index is 11.4. The summed E-state index contributed by atoms with van der Waals surface area (Å²) in [5.74, 6) is -0.0594. The van der Waals surface area contributed by atoms with Crippen LogP contribution in [0.3, 0.4) is 0 Å². The van der Waals surface area contributed by atoms with Crippen molar-refractivity contribution in [1.29, 1.82) is 0 Å². The highest BCUT2D eigenvalue weighted by molar-refractivity contribution is 5.79. The van der Waals surface area contributed by atoms with Gasteiger partial charge in [-0.25, -0.2) is 0 Å². The third kappa shape index (κ3) is 3.56. The van der Waals surface area contributed by atoms with Crippen LogP contribution in [-0.4, -0.2) is 17.6 Å². The Kier molecular flexibility index (Phi) is 4.57. The van der Waals surface area contributed by atoms with Crippen molar-refractivity contribution >= 4 is 5.91 Å². The van der Waals surface area contributed by atoms with E-state index in [0.29, 0.717) is 13.0 Å². The second-order valence-electron chi connectivity index (χ2n) is 3.20. The fourth-order valence-corrected chi connectivity index (χ4v) is 1.31. The third-order valence-electron chi connectivity index (χ3n) is 2.08. The van der Waals surface area contributed by atoms with Crippen molar-refractivity contribution in [1.82, 2.24) is 5.32 Å². The molecule has 3 heteroatoms. The second kappa shape index (κ2) is 5.98. The van der Waals surface area contributed by atoms with Gasteiger partial charge in [-0.3, -0.25) is 4.79 Å². The fraction of sp³-hybridized carbons (Fsp3) is 0.250. The molecule has 3 nitrogen and oxygen atoms in total. The number of hydrogen-bond donors (Lipinski definition) is 2. The Morgan fingerprint density at radius 2 is 2.07 bits per heavy atom. The van der Waals surface area contributed by atoms with Crippen LogP contribution in [0.4, 0.5) is 0 Å². The summed E-state index contributed by atoms with van der Waals surface area (Å²) >= 11 is 0. The van der Waals surface area contributed by atoms with Crippen LogP contribution in [0.5, 0.6) is 0 Å². The van der Waals surface area contributed by atoms with Crippen molar-refractivity contribution in [3.8, 4) is 0 Å². The van der Waals surface area contributed by atoms with Crippen molar-refractivity contribution in [3.63, 3.8) is 0 Å². The van der Waals surface area contributed by atoms with Gasteiger partial charge in [0.1, 0.15) is 0 Å². The highest BCUT2D eigenvalue weighted by Gasteiger charge is 2.05. The van der Waals surface area contributed by atoms with Gasteiger partial charge in [-0.2, -0.15) is 0 Å². The van der Waals surface area contributed by atoms with Crippen LogP contribution in [0.1, 0.15) is 11.1 Å². The summed E-state index contributed by atoms with van der Waals surface area (Å²) in [6.45, 7) is 3.95. The van der Waals surface area contributed by atoms with Crippen LogP contribution in [0.2, 0.25) is 0 Å². The molecule has 2 N–H and O–H groups in total. The SMILES string of the molecule is C=CCNC(=O)Cc1ccccc1CO. The van der Waals surface area contributed by atoms with Crippen LogP contribution in [0.25, 0.3) is 0 Å². The average Bonchev–Trinajstić information content (AvgIpc) is 2.27. The number of nitrogens with one attached hydrogen (secondary N) is 1. The standard InChI is InChI=1S/C12H15NO2/c1-2-7-13-12(15)8-10-5-3-4-6-11(10)9-14/h2-6,14H,1,7-9H2,(H,13,15). The van der Waals surface area contributed by atoms with E-state index < -0.39 is 0 Å². The molecule has 0 fully saturated rings. The molecule has 0 bridgehead atoms. The highest BCUT2D eigenvalue weighted by atomic mass is 16.3. The van der Waals surface area contributed by atoms with Crippen LogP contribution < -0.4 is 5.32 Å². The van der Waals surface area contributed by atoms with Gasteiger partial charge in [0.25, 0.3) is 0 Å². The molecular weight excluding hydrogens is 190 g/mol. The van der Waals surface area contributed by atoms with Gasteiger partial charge in [-0.15, -0.1) is 6.58 Å². The fourth-order valence-electron chi connectivity index (χ4n) is 1.31. The minimum Gasteiger partial charge on any atom is -0.392 e. The maximum atomic E-state index is 11.4. The molecule has 0 aromatic heterocycles. The molecule has 15 heavy (non-hydrogen) atoms. The van der Waals surface area contributed by atoms with Crippen molar-refractivity contribution in [2.24, 2.45) is 0 Å². The molecule has 0 heterocycles. The molecule has 1 amide bonds. The number of rotatable bonds is 5. The molecule has 0 saturated carbocycles. The first kappa shape index (κ1) is 11.5. The van der Waals surface area contributed by atoms with E-state index in [-0.39, 0.29) is 12.5 Å². The van der Waals surface area contributed by atoms with Crippen molar-refractivity contribution in [3.05, 3.63) is 48.0 Å². The summed E-state index contributed by atoms with van der Waals surface area (Å²) < 4.78 is 0. The summed E-state index contributed by atoms with van der Waals surface area (Å²) in [4.78, 5) is 11.4. The molecule has 1 aromatic carbocycles. The van der Waals surface area contributed by atoms with Gasteiger partial charge in [0.2, 0.25) is 5.91 Å². The Hall–Kier alpha value is -1.61. The molecule has 0 aliphatic rings. The molecule has 80 valence electrons. The summed E-state index contributed by atoms with van der Waals surface area (Å²) in [7, 11) is 0.